The van der Waals surface area contributed by atoms with Gasteiger partial charge < -0.3 is 16.0 Å². The number of hydrogen-bond acceptors (Lipinski definition) is 1. The Hall–Kier alpha value is 0.325. The van der Waals surface area contributed by atoms with Gasteiger partial charge in [0.2, 0.25) is 0 Å². The van der Waals surface area contributed by atoms with Gasteiger partial charge in [-0.15, -0.1) is 13.1 Å². The third kappa shape index (κ3) is 2.29. The molecule has 3 rings (SSSR count). The fourth-order valence-corrected chi connectivity index (χ4v) is 2.32. The number of hydrogen-bond donors (Lipinski definition) is 2. The number of nitrogens with zero attached hydrogens (tertiary/aromatic N) is 1. The number of nitrogens with one attached hydrogen (secondary N) is 1. The molecule has 2 heterocycles. The maximum absolute atomic E-state index is 5.77. The molecule has 4 heteroatoms. The number of aromatic nitrogens is 1. The Morgan fingerprint density at radius 2 is 2.00 bits per heavy atom. The molecular formula is C12H14N3Rb. The van der Waals surface area contributed by atoms with E-state index in [0.29, 0.717) is 0 Å². The van der Waals surface area contributed by atoms with Crippen molar-refractivity contribution in [3.8, 4) is 0 Å². The Bertz CT molecular complexity index is 504. The van der Waals surface area contributed by atoms with E-state index in [4.69, 9.17) is 5.73 Å². The Morgan fingerprint density at radius 1 is 1.19 bits per heavy atom. The molecular weight excluding hydrogens is 272 g/mol. The van der Waals surface area contributed by atoms with Crippen molar-refractivity contribution in [3.05, 3.63) is 34.8 Å². The Balaban J connectivity index is 0.000000963. The van der Waals surface area contributed by atoms with Crippen LogP contribution in [-0.4, -0.2) is 18.1 Å². The molecule has 1 aliphatic heterocycles. The maximum Gasteiger partial charge on any atom is 1.00 e. The first kappa shape index (κ1) is 12.8. The molecule has 2 aromatic rings. The van der Waals surface area contributed by atoms with Crippen LogP contribution in [0.5, 0.6) is 0 Å². The summed E-state index contributed by atoms with van der Waals surface area (Å²) >= 11 is 0. The zero-order valence-corrected chi connectivity index (χ0v) is 14.5. The third-order valence-corrected chi connectivity index (χ3v) is 3.06. The first-order valence-corrected chi connectivity index (χ1v) is 5.37. The summed E-state index contributed by atoms with van der Waals surface area (Å²) in [5.41, 5.74) is 10.5. The number of nitrogens with two attached hydrogens (primary N) is 1. The molecule has 1 aliphatic rings. The average molecular weight is 286 g/mol. The number of benzene rings is 1. The smallest absolute Gasteiger partial charge is 0.662 e. The first-order valence-electron chi connectivity index (χ1n) is 5.37. The summed E-state index contributed by atoms with van der Waals surface area (Å²) in [6, 6.07) is 6.10. The van der Waals surface area contributed by atoms with Crippen LogP contribution in [0.15, 0.2) is 18.2 Å². The van der Waals surface area contributed by atoms with E-state index in [9.17, 15) is 0 Å². The van der Waals surface area contributed by atoms with E-state index in [1.54, 1.807) is 0 Å². The van der Waals surface area contributed by atoms with Crippen LogP contribution < -0.4 is 63.9 Å². The molecule has 0 aliphatic carbocycles. The number of nitrogen functional groups attached to an aromatic ring is 1. The molecule has 0 fully saturated rings. The van der Waals surface area contributed by atoms with Gasteiger partial charge in [0.1, 0.15) is 0 Å². The summed E-state index contributed by atoms with van der Waals surface area (Å²) < 4.78 is 0. The third-order valence-electron chi connectivity index (χ3n) is 3.06. The second-order valence-electron chi connectivity index (χ2n) is 4.06. The standard InChI is InChI=1S/C12H14N3.Rb/c13-8-1-2-9-10-3-5-14-6-4-11(10)15-12(9)7-8;/h1-2,7,15H,3-6,13H2;/q-1;+1. The van der Waals surface area contributed by atoms with Gasteiger partial charge in [-0.2, -0.15) is 0 Å². The number of anilines is 1. The molecule has 3 N–H and O–H groups in total. The summed E-state index contributed by atoms with van der Waals surface area (Å²) in [4.78, 5) is 3.46. The average Bonchev–Trinajstić information content (AvgIpc) is 2.42. The molecule has 1 aromatic heterocycles. The molecule has 1 aromatic carbocycles. The Kier molecular flexibility index (Phi) is 4.24. The monoisotopic (exact) mass is 285 g/mol. The molecule has 0 amide bonds. The zero-order valence-electron chi connectivity index (χ0n) is 9.59. The Labute approximate surface area is 144 Å². The molecule has 0 atom stereocenters. The fourth-order valence-electron chi connectivity index (χ4n) is 2.32. The summed E-state index contributed by atoms with van der Waals surface area (Å²) in [7, 11) is 0. The molecule has 0 spiro atoms. The Morgan fingerprint density at radius 3 is 2.88 bits per heavy atom. The van der Waals surface area contributed by atoms with Crippen molar-refractivity contribution in [2.24, 2.45) is 0 Å². The van der Waals surface area contributed by atoms with Crippen LogP contribution in [0.2, 0.25) is 0 Å². The minimum absolute atomic E-state index is 0. The van der Waals surface area contributed by atoms with Gasteiger partial charge in [0, 0.05) is 22.3 Å². The van der Waals surface area contributed by atoms with Gasteiger partial charge >= 0.3 is 58.2 Å². The van der Waals surface area contributed by atoms with E-state index in [-0.39, 0.29) is 58.2 Å². The second kappa shape index (κ2) is 5.31. The van der Waals surface area contributed by atoms with Gasteiger partial charge in [0.25, 0.3) is 0 Å². The molecule has 0 unspecified atom stereocenters. The summed E-state index contributed by atoms with van der Waals surface area (Å²) in [5, 5.41) is 5.75. The second-order valence-corrected chi connectivity index (χ2v) is 4.06. The van der Waals surface area contributed by atoms with Gasteiger partial charge in [-0.05, 0) is 30.5 Å². The van der Waals surface area contributed by atoms with Crippen molar-refractivity contribution in [2.75, 3.05) is 18.8 Å². The summed E-state index contributed by atoms with van der Waals surface area (Å²) in [6.45, 7) is 1.89. The van der Waals surface area contributed by atoms with E-state index in [1.807, 2.05) is 12.1 Å². The van der Waals surface area contributed by atoms with Crippen LogP contribution in [0.25, 0.3) is 16.2 Å². The SMILES string of the molecule is Nc1ccc2c3c([nH]c2c1)CC[N-]CC3.[Rb+]. The largest absolute Gasteiger partial charge is 1.00 e. The summed E-state index contributed by atoms with van der Waals surface area (Å²) in [5.74, 6) is 0. The topological polar surface area (TPSA) is 55.9 Å². The number of rotatable bonds is 0. The number of aromatic amines is 1. The van der Waals surface area contributed by atoms with Crippen molar-refractivity contribution in [2.45, 2.75) is 12.8 Å². The zero-order chi connectivity index (χ0) is 10.3. The van der Waals surface area contributed by atoms with E-state index >= 15 is 0 Å². The van der Waals surface area contributed by atoms with Gasteiger partial charge in [-0.1, -0.05) is 6.07 Å². The van der Waals surface area contributed by atoms with E-state index in [2.05, 4.69) is 16.4 Å². The van der Waals surface area contributed by atoms with E-state index in [0.717, 1.165) is 31.6 Å². The maximum atomic E-state index is 5.77. The first-order chi connectivity index (χ1) is 7.34. The van der Waals surface area contributed by atoms with Gasteiger partial charge in [-0.3, -0.25) is 0 Å². The van der Waals surface area contributed by atoms with E-state index in [1.165, 1.54) is 22.2 Å². The van der Waals surface area contributed by atoms with Crippen LogP contribution in [0.1, 0.15) is 11.3 Å². The predicted octanol–water partition coefficient (Wildman–Crippen LogP) is -0.774. The molecule has 0 bridgehead atoms. The normalized spacial score (nSPS) is 15.2. The van der Waals surface area contributed by atoms with E-state index < -0.39 is 0 Å². The van der Waals surface area contributed by atoms with Crippen molar-refractivity contribution in [3.63, 3.8) is 0 Å². The van der Waals surface area contributed by atoms with Crippen LogP contribution in [-0.2, 0) is 12.8 Å². The van der Waals surface area contributed by atoms with Gasteiger partial charge in [-0.25, -0.2) is 0 Å². The quantitative estimate of drug-likeness (QED) is 0.614. The van der Waals surface area contributed by atoms with Crippen LogP contribution in [0, 0.1) is 0 Å². The molecule has 78 valence electrons. The van der Waals surface area contributed by atoms with Crippen LogP contribution >= 0.6 is 0 Å². The summed E-state index contributed by atoms with van der Waals surface area (Å²) in [6.07, 6.45) is 2.09. The molecule has 16 heavy (non-hydrogen) atoms. The molecule has 0 radical (unpaired) electrons. The molecule has 0 saturated heterocycles. The number of fused-ring (bicyclic) bond motifs is 3. The van der Waals surface area contributed by atoms with Crippen molar-refractivity contribution in [1.82, 2.24) is 4.98 Å². The molecule has 0 saturated carbocycles. The fraction of sp³-hybridized carbons (Fsp3) is 0.333. The van der Waals surface area contributed by atoms with Crippen molar-refractivity contribution < 1.29 is 58.2 Å². The van der Waals surface area contributed by atoms with Gasteiger partial charge in [0.15, 0.2) is 0 Å². The number of H-pyrrole nitrogens is 1. The van der Waals surface area contributed by atoms with Crippen LogP contribution in [0.4, 0.5) is 5.69 Å². The minimum atomic E-state index is 0. The van der Waals surface area contributed by atoms with Gasteiger partial charge in [0.05, 0.1) is 0 Å². The predicted molar refractivity (Wildman–Crippen MR) is 63.2 cm³/mol. The molecule has 3 nitrogen and oxygen atoms in total. The van der Waals surface area contributed by atoms with Crippen molar-refractivity contribution in [1.29, 1.82) is 0 Å². The van der Waals surface area contributed by atoms with Crippen LogP contribution in [0.3, 0.4) is 0 Å². The minimum Gasteiger partial charge on any atom is -0.662 e. The van der Waals surface area contributed by atoms with Crippen molar-refractivity contribution >= 4 is 16.6 Å².